The number of carbonyl (C=O) groups is 1. The van der Waals surface area contributed by atoms with Gasteiger partial charge >= 0.3 is 5.97 Å². The van der Waals surface area contributed by atoms with Crippen molar-refractivity contribution < 1.29 is 27.8 Å². The minimum atomic E-state index is -2.79. The molecule has 0 fully saturated rings. The molecule has 1 aromatic heterocycles. The number of carbonyl (C=O) groups excluding carboxylic acids is 1. The van der Waals surface area contributed by atoms with Crippen LogP contribution in [0.3, 0.4) is 0 Å². The number of alkyl halides is 2. The van der Waals surface area contributed by atoms with Gasteiger partial charge < -0.3 is 14.2 Å². The highest BCUT2D eigenvalue weighted by atomic mass is 19.3. The van der Waals surface area contributed by atoms with Crippen molar-refractivity contribution in [2.75, 3.05) is 21.3 Å². The quantitative estimate of drug-likeness (QED) is 0.759. The van der Waals surface area contributed by atoms with Crippen LogP contribution in [0.4, 0.5) is 8.78 Å². The molecular weight excluding hydrogens is 236 g/mol. The van der Waals surface area contributed by atoms with Gasteiger partial charge in [0.1, 0.15) is 11.4 Å². The number of ether oxygens (including phenoxy) is 3. The van der Waals surface area contributed by atoms with Gasteiger partial charge in [-0.2, -0.15) is 0 Å². The molecule has 1 heterocycles. The van der Waals surface area contributed by atoms with Crippen molar-refractivity contribution in [3.05, 3.63) is 17.3 Å². The second-order valence-electron chi connectivity index (χ2n) is 2.93. The monoisotopic (exact) mass is 247 g/mol. The van der Waals surface area contributed by atoms with E-state index in [0.717, 1.165) is 13.2 Å². The molecule has 0 spiro atoms. The maximum absolute atomic E-state index is 12.5. The van der Waals surface area contributed by atoms with Crippen LogP contribution in [0.5, 0.6) is 11.6 Å². The average molecular weight is 247 g/mol. The van der Waals surface area contributed by atoms with Gasteiger partial charge in [-0.1, -0.05) is 0 Å². The standard InChI is InChI=1S/C10H11F2NO4/c1-15-6-4-5(8(11)12)13-9(16-2)7(6)10(14)17-3/h4,8H,1-3H3. The lowest BCUT2D eigenvalue weighted by Crippen LogP contribution is -2.09. The minimum absolute atomic E-state index is 0.0704. The summed E-state index contributed by atoms with van der Waals surface area (Å²) >= 11 is 0. The van der Waals surface area contributed by atoms with Crippen molar-refractivity contribution in [1.82, 2.24) is 4.98 Å². The number of hydrogen-bond acceptors (Lipinski definition) is 5. The zero-order chi connectivity index (χ0) is 13.0. The summed E-state index contributed by atoms with van der Waals surface area (Å²) in [6.07, 6.45) is -2.79. The van der Waals surface area contributed by atoms with E-state index in [9.17, 15) is 13.6 Å². The lowest BCUT2D eigenvalue weighted by Gasteiger charge is -2.12. The Bertz CT molecular complexity index is 398. The molecule has 0 amide bonds. The number of halogens is 2. The molecule has 7 heteroatoms. The number of nitrogens with zero attached hydrogens (tertiary/aromatic N) is 1. The second kappa shape index (κ2) is 5.42. The zero-order valence-electron chi connectivity index (χ0n) is 9.49. The van der Waals surface area contributed by atoms with Gasteiger partial charge in [-0.25, -0.2) is 18.6 Å². The maximum atomic E-state index is 12.5. The Labute approximate surface area is 96.3 Å². The van der Waals surface area contributed by atoms with Crippen LogP contribution < -0.4 is 9.47 Å². The van der Waals surface area contributed by atoms with Crippen molar-refractivity contribution >= 4 is 5.97 Å². The summed E-state index contributed by atoms with van der Waals surface area (Å²) in [5.74, 6) is -1.10. The summed E-state index contributed by atoms with van der Waals surface area (Å²) in [6.45, 7) is 0. The summed E-state index contributed by atoms with van der Waals surface area (Å²) < 4.78 is 39.2. The van der Waals surface area contributed by atoms with E-state index in [4.69, 9.17) is 9.47 Å². The molecule has 0 aliphatic carbocycles. The van der Waals surface area contributed by atoms with Gasteiger partial charge in [0.2, 0.25) is 5.88 Å². The van der Waals surface area contributed by atoms with Crippen molar-refractivity contribution in [2.45, 2.75) is 6.43 Å². The predicted octanol–water partition coefficient (Wildman–Crippen LogP) is 1.82. The fraction of sp³-hybridized carbons (Fsp3) is 0.400. The Morgan fingerprint density at radius 2 is 1.94 bits per heavy atom. The molecule has 0 unspecified atom stereocenters. The van der Waals surface area contributed by atoms with Gasteiger partial charge in [0.05, 0.1) is 21.3 Å². The molecule has 1 aromatic rings. The molecule has 0 atom stereocenters. The van der Waals surface area contributed by atoms with E-state index in [0.29, 0.717) is 0 Å². The van der Waals surface area contributed by atoms with Crippen LogP contribution in [0.15, 0.2) is 6.07 Å². The molecule has 5 nitrogen and oxygen atoms in total. The number of hydrogen-bond donors (Lipinski definition) is 0. The zero-order valence-corrected chi connectivity index (χ0v) is 9.49. The van der Waals surface area contributed by atoms with Crippen LogP contribution in [0.1, 0.15) is 22.5 Å². The third-order valence-electron chi connectivity index (χ3n) is 2.00. The van der Waals surface area contributed by atoms with Crippen LogP contribution in [0, 0.1) is 0 Å². The fourth-order valence-corrected chi connectivity index (χ4v) is 1.23. The molecule has 0 aliphatic heterocycles. The summed E-state index contributed by atoms with van der Waals surface area (Å²) in [5, 5.41) is 0. The summed E-state index contributed by atoms with van der Waals surface area (Å²) in [6, 6.07) is 0.972. The lowest BCUT2D eigenvalue weighted by molar-refractivity contribution is 0.0591. The molecule has 0 saturated heterocycles. The van der Waals surface area contributed by atoms with Crippen molar-refractivity contribution in [2.24, 2.45) is 0 Å². The Hall–Kier alpha value is -1.92. The Morgan fingerprint density at radius 3 is 2.35 bits per heavy atom. The molecule has 0 saturated carbocycles. The number of pyridine rings is 1. The summed E-state index contributed by atoms with van der Waals surface area (Å²) in [7, 11) is 3.61. The molecule has 17 heavy (non-hydrogen) atoms. The molecule has 0 radical (unpaired) electrons. The number of esters is 1. The first-order valence-corrected chi connectivity index (χ1v) is 4.54. The van der Waals surface area contributed by atoms with Gasteiger partial charge in [0.15, 0.2) is 5.56 Å². The Balaban J connectivity index is 3.41. The van der Waals surface area contributed by atoms with Crippen molar-refractivity contribution in [3.8, 4) is 11.6 Å². The highest BCUT2D eigenvalue weighted by molar-refractivity contribution is 5.95. The molecule has 0 bridgehead atoms. The smallest absolute Gasteiger partial charge is 0.347 e. The number of aromatic nitrogens is 1. The largest absolute Gasteiger partial charge is 0.496 e. The van der Waals surface area contributed by atoms with Crippen LogP contribution >= 0.6 is 0 Å². The van der Waals surface area contributed by atoms with E-state index in [1.165, 1.54) is 14.2 Å². The maximum Gasteiger partial charge on any atom is 0.347 e. The second-order valence-corrected chi connectivity index (χ2v) is 2.93. The Kier molecular flexibility index (Phi) is 4.19. The molecule has 0 aromatic carbocycles. The topological polar surface area (TPSA) is 57.7 Å². The van der Waals surface area contributed by atoms with Gasteiger partial charge in [0, 0.05) is 6.07 Å². The third-order valence-corrected chi connectivity index (χ3v) is 2.00. The third kappa shape index (κ3) is 2.61. The molecule has 0 aliphatic rings. The first-order valence-electron chi connectivity index (χ1n) is 4.54. The minimum Gasteiger partial charge on any atom is -0.496 e. The van der Waals surface area contributed by atoms with E-state index in [2.05, 4.69) is 9.72 Å². The fourth-order valence-electron chi connectivity index (χ4n) is 1.23. The summed E-state index contributed by atoms with van der Waals surface area (Å²) in [4.78, 5) is 15.0. The lowest BCUT2D eigenvalue weighted by atomic mass is 10.2. The number of rotatable bonds is 4. The highest BCUT2D eigenvalue weighted by Gasteiger charge is 2.24. The van der Waals surface area contributed by atoms with Crippen LogP contribution in [-0.2, 0) is 4.74 Å². The van der Waals surface area contributed by atoms with E-state index in [-0.39, 0.29) is 17.2 Å². The number of methoxy groups -OCH3 is 3. The normalized spacial score (nSPS) is 10.2. The van der Waals surface area contributed by atoms with Crippen LogP contribution in [0.2, 0.25) is 0 Å². The van der Waals surface area contributed by atoms with Gasteiger partial charge in [-0.3, -0.25) is 0 Å². The van der Waals surface area contributed by atoms with Crippen molar-refractivity contribution in [1.29, 1.82) is 0 Å². The highest BCUT2D eigenvalue weighted by Crippen LogP contribution is 2.31. The average Bonchev–Trinajstić information content (AvgIpc) is 2.35. The molecule has 94 valence electrons. The first kappa shape index (κ1) is 13.1. The van der Waals surface area contributed by atoms with Crippen molar-refractivity contribution in [3.63, 3.8) is 0 Å². The van der Waals surface area contributed by atoms with E-state index in [1.54, 1.807) is 0 Å². The van der Waals surface area contributed by atoms with E-state index < -0.39 is 18.1 Å². The van der Waals surface area contributed by atoms with Gasteiger partial charge in [-0.05, 0) is 0 Å². The molecular formula is C10H11F2NO4. The Morgan fingerprint density at radius 1 is 1.29 bits per heavy atom. The summed E-state index contributed by atoms with van der Waals surface area (Å²) in [5.41, 5.74) is -0.659. The molecule has 0 N–H and O–H groups in total. The SMILES string of the molecule is COC(=O)c1c(OC)cc(C(F)F)nc1OC. The first-order chi connectivity index (χ1) is 8.04. The van der Waals surface area contributed by atoms with E-state index >= 15 is 0 Å². The van der Waals surface area contributed by atoms with Crippen LogP contribution in [-0.4, -0.2) is 32.3 Å². The van der Waals surface area contributed by atoms with E-state index in [1.807, 2.05) is 0 Å². The molecule has 1 rings (SSSR count). The predicted molar refractivity (Wildman–Crippen MR) is 53.6 cm³/mol. The van der Waals surface area contributed by atoms with Crippen LogP contribution in [0.25, 0.3) is 0 Å². The van der Waals surface area contributed by atoms with Gasteiger partial charge in [-0.15, -0.1) is 0 Å². The van der Waals surface area contributed by atoms with Gasteiger partial charge in [0.25, 0.3) is 6.43 Å².